The Labute approximate surface area is 141 Å². The summed E-state index contributed by atoms with van der Waals surface area (Å²) in [6.45, 7) is 1.98. The fourth-order valence-corrected chi connectivity index (χ4v) is 2.67. The van der Waals surface area contributed by atoms with E-state index in [1.54, 1.807) is 12.1 Å². The lowest BCUT2D eigenvalue weighted by molar-refractivity contribution is -0.117. The van der Waals surface area contributed by atoms with Crippen molar-refractivity contribution in [3.63, 3.8) is 0 Å². The summed E-state index contributed by atoms with van der Waals surface area (Å²) in [6, 6.07) is 13.0. The summed E-state index contributed by atoms with van der Waals surface area (Å²) in [5.74, 6) is 0.645. The van der Waals surface area contributed by atoms with Gasteiger partial charge in [0.05, 0.1) is 30.8 Å². The van der Waals surface area contributed by atoms with Gasteiger partial charge in [0.2, 0.25) is 5.91 Å². The first-order chi connectivity index (χ1) is 11.1. The molecule has 0 heterocycles. The van der Waals surface area contributed by atoms with Crippen molar-refractivity contribution in [2.75, 3.05) is 19.5 Å². The Morgan fingerprint density at radius 1 is 1.13 bits per heavy atom. The predicted molar refractivity (Wildman–Crippen MR) is 92.7 cm³/mol. The molecule has 1 atom stereocenters. The molecule has 0 spiro atoms. The van der Waals surface area contributed by atoms with Gasteiger partial charge in [-0.25, -0.2) is 0 Å². The third-order valence-electron chi connectivity index (χ3n) is 3.66. The number of ether oxygens (including phenoxy) is 2. The number of carbonyl (C=O) groups excluding carboxylic acids is 1. The highest BCUT2D eigenvalue weighted by Crippen LogP contribution is 2.36. The molecule has 0 bridgehead atoms. The van der Waals surface area contributed by atoms with Gasteiger partial charge in [0.1, 0.15) is 11.5 Å². The maximum absolute atomic E-state index is 12.7. The van der Waals surface area contributed by atoms with E-state index in [2.05, 4.69) is 5.32 Å². The fraction of sp³-hybridized carbons (Fsp3) is 0.278. The van der Waals surface area contributed by atoms with Crippen molar-refractivity contribution >= 4 is 23.2 Å². The van der Waals surface area contributed by atoms with Crippen LogP contribution in [0.2, 0.25) is 5.02 Å². The second kappa shape index (κ2) is 7.88. The Bertz CT molecular complexity index is 673. The molecule has 4 nitrogen and oxygen atoms in total. The molecule has 2 rings (SSSR count). The predicted octanol–water partition coefficient (Wildman–Crippen LogP) is 4.49. The quantitative estimate of drug-likeness (QED) is 0.847. The summed E-state index contributed by atoms with van der Waals surface area (Å²) in [6.07, 6.45) is 0.697. The highest BCUT2D eigenvalue weighted by molar-refractivity contribution is 6.32. The lowest BCUT2D eigenvalue weighted by Crippen LogP contribution is -2.21. The van der Waals surface area contributed by atoms with E-state index in [4.69, 9.17) is 21.1 Å². The summed E-state index contributed by atoms with van der Waals surface area (Å²) in [5.41, 5.74) is 1.51. The van der Waals surface area contributed by atoms with Crippen molar-refractivity contribution in [2.45, 2.75) is 19.3 Å². The van der Waals surface area contributed by atoms with E-state index >= 15 is 0 Å². The van der Waals surface area contributed by atoms with Crippen molar-refractivity contribution in [1.82, 2.24) is 0 Å². The number of amides is 1. The molecule has 2 aromatic carbocycles. The number of hydrogen-bond acceptors (Lipinski definition) is 3. The van der Waals surface area contributed by atoms with Crippen molar-refractivity contribution in [2.24, 2.45) is 0 Å². The van der Waals surface area contributed by atoms with Crippen LogP contribution in [-0.4, -0.2) is 20.1 Å². The van der Waals surface area contributed by atoms with Crippen LogP contribution in [0, 0.1) is 0 Å². The number of rotatable bonds is 6. The van der Waals surface area contributed by atoms with Crippen molar-refractivity contribution in [3.05, 3.63) is 53.1 Å². The first-order valence-corrected chi connectivity index (χ1v) is 7.75. The Balaban J connectivity index is 2.28. The summed E-state index contributed by atoms with van der Waals surface area (Å²) >= 11 is 6.08. The van der Waals surface area contributed by atoms with Gasteiger partial charge in [-0.2, -0.15) is 0 Å². The minimum atomic E-state index is -0.234. The van der Waals surface area contributed by atoms with Gasteiger partial charge in [0.25, 0.3) is 0 Å². The van der Waals surface area contributed by atoms with Crippen molar-refractivity contribution in [3.8, 4) is 11.5 Å². The smallest absolute Gasteiger partial charge is 0.232 e. The molecule has 2 aromatic rings. The molecular weight excluding hydrogens is 314 g/mol. The molecule has 0 aliphatic carbocycles. The van der Waals surface area contributed by atoms with Gasteiger partial charge >= 0.3 is 0 Å². The topological polar surface area (TPSA) is 47.6 Å². The Morgan fingerprint density at radius 2 is 1.78 bits per heavy atom. The zero-order chi connectivity index (χ0) is 16.8. The first-order valence-electron chi connectivity index (χ1n) is 7.38. The van der Waals surface area contributed by atoms with E-state index in [0.717, 1.165) is 5.56 Å². The van der Waals surface area contributed by atoms with Gasteiger partial charge in [-0.05, 0) is 12.0 Å². The average molecular weight is 334 g/mol. The molecular formula is C18H20ClNO3. The molecule has 122 valence electrons. The summed E-state index contributed by atoms with van der Waals surface area (Å²) in [7, 11) is 3.06. The van der Waals surface area contributed by atoms with Crippen LogP contribution in [0.15, 0.2) is 42.5 Å². The normalized spacial score (nSPS) is 11.7. The first kappa shape index (κ1) is 17.2. The van der Waals surface area contributed by atoms with Crippen LogP contribution < -0.4 is 14.8 Å². The summed E-state index contributed by atoms with van der Waals surface area (Å²) < 4.78 is 10.5. The minimum absolute atomic E-state index is 0.0959. The van der Waals surface area contributed by atoms with Crippen LogP contribution in [0.3, 0.4) is 0 Å². The van der Waals surface area contributed by atoms with Crippen LogP contribution in [0.4, 0.5) is 5.69 Å². The van der Waals surface area contributed by atoms with E-state index in [1.165, 1.54) is 14.2 Å². The number of carbonyl (C=O) groups is 1. The molecule has 0 saturated heterocycles. The van der Waals surface area contributed by atoms with Gasteiger partial charge < -0.3 is 14.8 Å². The Morgan fingerprint density at radius 3 is 2.35 bits per heavy atom. The monoisotopic (exact) mass is 333 g/mol. The number of benzene rings is 2. The second-order valence-corrected chi connectivity index (χ2v) is 5.46. The molecule has 1 N–H and O–H groups in total. The summed E-state index contributed by atoms with van der Waals surface area (Å²) in [5, 5.41) is 3.34. The highest BCUT2D eigenvalue weighted by Gasteiger charge is 2.20. The molecule has 5 heteroatoms. The molecule has 0 fully saturated rings. The maximum Gasteiger partial charge on any atom is 0.232 e. The van der Waals surface area contributed by atoms with E-state index in [9.17, 15) is 4.79 Å². The van der Waals surface area contributed by atoms with Gasteiger partial charge in [0.15, 0.2) is 0 Å². The molecule has 23 heavy (non-hydrogen) atoms. The zero-order valence-electron chi connectivity index (χ0n) is 13.4. The van der Waals surface area contributed by atoms with Gasteiger partial charge in [-0.1, -0.05) is 48.9 Å². The SMILES string of the molecule is CC[C@H](C(=O)Nc1cc(OC)c(Cl)cc1OC)c1ccccc1. The largest absolute Gasteiger partial charge is 0.495 e. The number of halogens is 1. The molecule has 0 aliphatic rings. The van der Waals surface area contributed by atoms with Crippen molar-refractivity contribution in [1.29, 1.82) is 0 Å². The molecule has 0 aliphatic heterocycles. The molecule has 0 aromatic heterocycles. The van der Waals surface area contributed by atoms with Crippen LogP contribution >= 0.6 is 11.6 Å². The fourth-order valence-electron chi connectivity index (χ4n) is 2.44. The van der Waals surface area contributed by atoms with Gasteiger partial charge in [-0.3, -0.25) is 4.79 Å². The van der Waals surface area contributed by atoms with E-state index in [0.29, 0.717) is 28.6 Å². The van der Waals surface area contributed by atoms with Crippen molar-refractivity contribution < 1.29 is 14.3 Å². The molecule has 0 saturated carbocycles. The van der Waals surface area contributed by atoms with E-state index < -0.39 is 0 Å². The molecule has 0 unspecified atom stereocenters. The third-order valence-corrected chi connectivity index (χ3v) is 3.95. The average Bonchev–Trinajstić information content (AvgIpc) is 2.57. The van der Waals surface area contributed by atoms with Crippen LogP contribution in [0.25, 0.3) is 0 Å². The summed E-state index contributed by atoms with van der Waals surface area (Å²) in [4.78, 5) is 12.7. The van der Waals surface area contributed by atoms with Gasteiger partial charge in [-0.15, -0.1) is 0 Å². The van der Waals surface area contributed by atoms with Crippen LogP contribution in [0.1, 0.15) is 24.8 Å². The number of hydrogen-bond donors (Lipinski definition) is 1. The second-order valence-electron chi connectivity index (χ2n) is 5.05. The lowest BCUT2D eigenvalue weighted by Gasteiger charge is -2.18. The van der Waals surface area contributed by atoms with E-state index in [-0.39, 0.29) is 11.8 Å². The van der Waals surface area contributed by atoms with Crippen LogP contribution in [0.5, 0.6) is 11.5 Å². The van der Waals surface area contributed by atoms with E-state index in [1.807, 2.05) is 37.3 Å². The standard InChI is InChI=1S/C18H20ClNO3/c1-4-13(12-8-6-5-7-9-12)18(21)20-15-11-16(22-2)14(19)10-17(15)23-3/h5-11,13H,4H2,1-3H3,(H,20,21)/t13-/m0/s1. The Kier molecular flexibility index (Phi) is 5.88. The zero-order valence-corrected chi connectivity index (χ0v) is 14.2. The molecule has 0 radical (unpaired) electrons. The lowest BCUT2D eigenvalue weighted by atomic mass is 9.95. The minimum Gasteiger partial charge on any atom is -0.495 e. The number of nitrogens with one attached hydrogen (secondary N) is 1. The highest BCUT2D eigenvalue weighted by atomic mass is 35.5. The maximum atomic E-state index is 12.7. The van der Waals surface area contributed by atoms with Crippen LogP contribution in [-0.2, 0) is 4.79 Å². The third kappa shape index (κ3) is 3.96. The molecule has 1 amide bonds. The Hall–Kier alpha value is -2.20. The number of methoxy groups -OCH3 is 2. The number of anilines is 1. The van der Waals surface area contributed by atoms with Gasteiger partial charge in [0, 0.05) is 12.1 Å².